The molecule has 0 saturated heterocycles. The van der Waals surface area contributed by atoms with Crippen molar-refractivity contribution in [3.8, 4) is 0 Å². The van der Waals surface area contributed by atoms with Gasteiger partial charge in [0, 0.05) is 13.1 Å². The minimum absolute atomic E-state index is 0. The van der Waals surface area contributed by atoms with Crippen molar-refractivity contribution in [2.45, 2.75) is 84.0 Å². The number of amides is 2. The third-order valence-corrected chi connectivity index (χ3v) is 4.49. The standard InChI is InChI=1S/C18H38N4O4.2ClH/c1-5-7-12-21-16(23)25-14(3)18(20,10-9-11-19)15(4)26-17(24)22-13-8-6-2;;/h14-15H,5-13,19-20H2,1-4H3,(H,21,23)(H,22,24);2*1H. The Morgan fingerprint density at radius 3 is 1.61 bits per heavy atom. The van der Waals surface area contributed by atoms with Crippen molar-refractivity contribution >= 4 is 37.0 Å². The number of carbonyl (C=O) groups is 2. The Bertz CT molecular complexity index is 387. The predicted octanol–water partition coefficient (Wildman–Crippen LogP) is 3.10. The van der Waals surface area contributed by atoms with Crippen molar-refractivity contribution in [2.24, 2.45) is 11.5 Å². The highest BCUT2D eigenvalue weighted by Crippen LogP contribution is 2.24. The Balaban J connectivity index is -0.00000312. The van der Waals surface area contributed by atoms with Crippen molar-refractivity contribution in [1.82, 2.24) is 10.6 Å². The summed E-state index contributed by atoms with van der Waals surface area (Å²) in [5, 5.41) is 5.39. The number of rotatable bonds is 13. The molecule has 0 aliphatic rings. The summed E-state index contributed by atoms with van der Waals surface area (Å²) >= 11 is 0. The van der Waals surface area contributed by atoms with Crippen LogP contribution in [0.1, 0.15) is 66.2 Å². The van der Waals surface area contributed by atoms with Crippen LogP contribution >= 0.6 is 24.8 Å². The van der Waals surface area contributed by atoms with Crippen molar-refractivity contribution in [2.75, 3.05) is 19.6 Å². The van der Waals surface area contributed by atoms with E-state index in [1.807, 2.05) is 13.8 Å². The first kappa shape index (κ1) is 31.7. The number of alkyl carbamates (subject to hydrolysis) is 2. The van der Waals surface area contributed by atoms with Gasteiger partial charge in [0.1, 0.15) is 12.2 Å². The first-order valence-corrected chi connectivity index (χ1v) is 9.69. The molecule has 28 heavy (non-hydrogen) atoms. The number of hydrogen-bond donors (Lipinski definition) is 4. The van der Waals surface area contributed by atoms with Crippen molar-refractivity contribution in [3.63, 3.8) is 0 Å². The van der Waals surface area contributed by atoms with Gasteiger partial charge in [-0.25, -0.2) is 9.59 Å². The van der Waals surface area contributed by atoms with Crippen LogP contribution in [0.25, 0.3) is 0 Å². The molecular formula is C18H40Cl2N4O4. The fraction of sp³-hybridized carbons (Fsp3) is 0.889. The average Bonchev–Trinajstić information content (AvgIpc) is 2.59. The van der Waals surface area contributed by atoms with E-state index in [2.05, 4.69) is 10.6 Å². The summed E-state index contributed by atoms with van der Waals surface area (Å²) in [5.41, 5.74) is 11.1. The van der Waals surface area contributed by atoms with Gasteiger partial charge < -0.3 is 31.6 Å². The third-order valence-electron chi connectivity index (χ3n) is 4.49. The van der Waals surface area contributed by atoms with Crippen LogP contribution in [0.5, 0.6) is 0 Å². The van der Waals surface area contributed by atoms with Gasteiger partial charge >= 0.3 is 12.2 Å². The Morgan fingerprint density at radius 1 is 0.893 bits per heavy atom. The van der Waals surface area contributed by atoms with E-state index in [0.717, 1.165) is 25.7 Å². The number of hydrogen-bond acceptors (Lipinski definition) is 6. The molecule has 10 heteroatoms. The molecule has 0 aromatic heterocycles. The van der Waals surface area contributed by atoms with Crippen LogP contribution in [0.2, 0.25) is 0 Å². The van der Waals surface area contributed by atoms with Crippen LogP contribution in [0.15, 0.2) is 0 Å². The molecule has 2 unspecified atom stereocenters. The number of unbranched alkanes of at least 4 members (excludes halogenated alkanes) is 2. The van der Waals surface area contributed by atoms with Crippen LogP contribution in [-0.4, -0.2) is 49.6 Å². The van der Waals surface area contributed by atoms with E-state index >= 15 is 0 Å². The summed E-state index contributed by atoms with van der Waals surface area (Å²) in [4.78, 5) is 23.9. The maximum Gasteiger partial charge on any atom is 0.407 e. The topological polar surface area (TPSA) is 129 Å². The van der Waals surface area contributed by atoms with Gasteiger partial charge in [0.2, 0.25) is 0 Å². The molecule has 8 nitrogen and oxygen atoms in total. The van der Waals surface area contributed by atoms with Gasteiger partial charge in [-0.1, -0.05) is 26.7 Å². The van der Waals surface area contributed by atoms with Crippen molar-refractivity contribution in [1.29, 1.82) is 0 Å². The van der Waals surface area contributed by atoms with Gasteiger partial charge in [-0.2, -0.15) is 0 Å². The van der Waals surface area contributed by atoms with Gasteiger partial charge in [0.25, 0.3) is 0 Å². The Morgan fingerprint density at radius 2 is 1.29 bits per heavy atom. The zero-order chi connectivity index (χ0) is 20.0. The predicted molar refractivity (Wildman–Crippen MR) is 117 cm³/mol. The lowest BCUT2D eigenvalue weighted by Crippen LogP contribution is -2.61. The normalized spacial score (nSPS) is 14.4. The minimum Gasteiger partial charge on any atom is -0.444 e. The highest BCUT2D eigenvalue weighted by atomic mass is 35.5. The number of nitrogens with two attached hydrogens (primary N) is 2. The summed E-state index contributed by atoms with van der Waals surface area (Å²) in [6.45, 7) is 9.05. The van der Waals surface area contributed by atoms with Gasteiger partial charge in [-0.05, 0) is 46.1 Å². The largest absolute Gasteiger partial charge is 0.444 e. The van der Waals surface area contributed by atoms with E-state index in [1.54, 1.807) is 13.8 Å². The van der Waals surface area contributed by atoms with Crippen LogP contribution in [0.4, 0.5) is 9.59 Å². The van der Waals surface area contributed by atoms with Crippen molar-refractivity contribution in [3.05, 3.63) is 0 Å². The van der Waals surface area contributed by atoms with Gasteiger partial charge in [-0.3, -0.25) is 0 Å². The first-order chi connectivity index (χ1) is 12.3. The molecule has 170 valence electrons. The second-order valence-corrected chi connectivity index (χ2v) is 6.66. The maximum atomic E-state index is 11.9. The Kier molecular flexibility index (Phi) is 20.5. The zero-order valence-electron chi connectivity index (χ0n) is 17.6. The summed E-state index contributed by atoms with van der Waals surface area (Å²) < 4.78 is 10.9. The molecular weight excluding hydrogens is 407 g/mol. The highest BCUT2D eigenvalue weighted by Gasteiger charge is 2.42. The molecule has 2 amide bonds. The monoisotopic (exact) mass is 446 g/mol. The molecule has 0 aromatic carbocycles. The van der Waals surface area contributed by atoms with E-state index in [0.29, 0.717) is 32.5 Å². The van der Waals surface area contributed by atoms with Crippen LogP contribution in [0, 0.1) is 0 Å². The average molecular weight is 447 g/mol. The van der Waals surface area contributed by atoms with E-state index in [1.165, 1.54) is 0 Å². The number of halogens is 2. The molecule has 0 aliphatic carbocycles. The summed E-state index contributed by atoms with van der Waals surface area (Å²) in [6.07, 6.45) is 2.48. The van der Waals surface area contributed by atoms with Crippen LogP contribution in [-0.2, 0) is 9.47 Å². The molecule has 0 aromatic rings. The Labute approximate surface area is 182 Å². The smallest absolute Gasteiger partial charge is 0.407 e. The van der Waals surface area contributed by atoms with Crippen molar-refractivity contribution < 1.29 is 19.1 Å². The van der Waals surface area contributed by atoms with E-state index in [9.17, 15) is 9.59 Å². The zero-order valence-corrected chi connectivity index (χ0v) is 19.3. The van der Waals surface area contributed by atoms with E-state index in [4.69, 9.17) is 20.9 Å². The molecule has 0 saturated carbocycles. The molecule has 6 N–H and O–H groups in total. The first-order valence-electron chi connectivity index (χ1n) is 9.69. The molecule has 0 fully saturated rings. The molecule has 0 aliphatic heterocycles. The third kappa shape index (κ3) is 12.5. The van der Waals surface area contributed by atoms with Gasteiger partial charge in [0.15, 0.2) is 0 Å². The number of ether oxygens (including phenoxy) is 2. The van der Waals surface area contributed by atoms with E-state index in [-0.39, 0.29) is 24.8 Å². The molecule has 0 radical (unpaired) electrons. The summed E-state index contributed by atoms with van der Waals surface area (Å²) in [6, 6.07) is 0. The highest BCUT2D eigenvalue weighted by molar-refractivity contribution is 5.85. The summed E-state index contributed by atoms with van der Waals surface area (Å²) in [5.74, 6) is 0. The molecule has 0 spiro atoms. The SMILES string of the molecule is CCCCNC(=O)OC(C)C(N)(CCCN)C(C)OC(=O)NCCCC.Cl.Cl. The summed E-state index contributed by atoms with van der Waals surface area (Å²) in [7, 11) is 0. The lowest BCUT2D eigenvalue weighted by atomic mass is 9.84. The lowest BCUT2D eigenvalue weighted by molar-refractivity contribution is -0.0179. The number of carbonyl (C=O) groups excluding carboxylic acids is 2. The molecule has 0 rings (SSSR count). The number of nitrogens with one attached hydrogen (secondary N) is 2. The Hall–Kier alpha value is -0.960. The van der Waals surface area contributed by atoms with Crippen LogP contribution in [0.3, 0.4) is 0 Å². The van der Waals surface area contributed by atoms with Gasteiger partial charge in [-0.15, -0.1) is 24.8 Å². The van der Waals surface area contributed by atoms with Gasteiger partial charge in [0.05, 0.1) is 5.54 Å². The van der Waals surface area contributed by atoms with E-state index < -0.39 is 29.9 Å². The fourth-order valence-electron chi connectivity index (χ4n) is 2.50. The molecule has 0 heterocycles. The fourth-order valence-corrected chi connectivity index (χ4v) is 2.50. The second kappa shape index (κ2) is 18.1. The second-order valence-electron chi connectivity index (χ2n) is 6.66. The maximum absolute atomic E-state index is 11.9. The van der Waals surface area contributed by atoms with Crippen LogP contribution < -0.4 is 22.1 Å². The minimum atomic E-state index is -1.02. The molecule has 2 atom stereocenters. The quantitative estimate of drug-likeness (QED) is 0.321. The molecule has 0 bridgehead atoms. The lowest BCUT2D eigenvalue weighted by Gasteiger charge is -2.39.